The fraction of sp³-hybridized carbons (Fsp3) is 0.375. The van der Waals surface area contributed by atoms with E-state index in [2.05, 4.69) is 16.7 Å². The van der Waals surface area contributed by atoms with Gasteiger partial charge in [-0.15, -0.1) is 12.4 Å². The summed E-state index contributed by atoms with van der Waals surface area (Å²) in [5, 5.41) is 7.91. The maximum absolute atomic E-state index is 14.2. The van der Waals surface area contributed by atoms with E-state index in [1.165, 1.54) is 7.11 Å². The van der Waals surface area contributed by atoms with Gasteiger partial charge in [-0.3, -0.25) is 19.2 Å². The molecular formula is C32H39ClN4O5. The number of ether oxygens (including phenoxy) is 1. The Morgan fingerprint density at radius 3 is 2.36 bits per heavy atom. The minimum Gasteiger partial charge on any atom is -0.469 e. The van der Waals surface area contributed by atoms with Gasteiger partial charge < -0.3 is 25.2 Å². The van der Waals surface area contributed by atoms with Crippen molar-refractivity contribution in [3.05, 3.63) is 71.8 Å². The van der Waals surface area contributed by atoms with Gasteiger partial charge in [-0.05, 0) is 67.8 Å². The summed E-state index contributed by atoms with van der Waals surface area (Å²) in [6, 6.07) is 18.0. The molecule has 3 aromatic carbocycles. The van der Waals surface area contributed by atoms with Gasteiger partial charge in [0.15, 0.2) is 0 Å². The average molecular weight is 595 g/mol. The van der Waals surface area contributed by atoms with Gasteiger partial charge in [0.1, 0.15) is 6.04 Å². The molecule has 4 rings (SSSR count). The van der Waals surface area contributed by atoms with Crippen molar-refractivity contribution in [2.75, 3.05) is 30.5 Å². The summed E-state index contributed by atoms with van der Waals surface area (Å²) < 4.78 is 4.70. The van der Waals surface area contributed by atoms with Crippen LogP contribution in [0.25, 0.3) is 10.8 Å². The Kier molecular flexibility index (Phi) is 11.5. The molecule has 2 N–H and O–H groups in total. The van der Waals surface area contributed by atoms with E-state index in [-0.39, 0.29) is 62.0 Å². The SMILES string of the molecule is CNC(C)C(=O)N[C@H]1CN(C(=O)CCCCC(=O)OC)c2ccccc2N(Cc2c(C)ccc3ccccc23)C1=O.Cl. The van der Waals surface area contributed by atoms with Crippen LogP contribution in [-0.4, -0.2) is 56.5 Å². The summed E-state index contributed by atoms with van der Waals surface area (Å²) >= 11 is 0. The maximum Gasteiger partial charge on any atom is 0.305 e. The molecule has 1 aliphatic heterocycles. The number of likely N-dealkylation sites (N-methyl/N-ethyl adjacent to an activating group) is 1. The van der Waals surface area contributed by atoms with Gasteiger partial charge in [0.05, 0.1) is 37.6 Å². The van der Waals surface area contributed by atoms with E-state index >= 15 is 0 Å². The van der Waals surface area contributed by atoms with Crippen LogP contribution in [0.3, 0.4) is 0 Å². The van der Waals surface area contributed by atoms with Gasteiger partial charge in [-0.1, -0.05) is 48.5 Å². The molecule has 0 saturated carbocycles. The normalized spacial score (nSPS) is 15.3. The second kappa shape index (κ2) is 14.8. The molecule has 0 spiro atoms. The monoisotopic (exact) mass is 594 g/mol. The summed E-state index contributed by atoms with van der Waals surface area (Å²) in [6.07, 6.45) is 1.43. The summed E-state index contributed by atoms with van der Waals surface area (Å²) in [5.74, 6) is -1.12. The lowest BCUT2D eigenvalue weighted by Crippen LogP contribution is -2.55. The molecule has 1 unspecified atom stereocenters. The molecule has 0 radical (unpaired) electrons. The van der Waals surface area contributed by atoms with Crippen molar-refractivity contribution in [3.8, 4) is 0 Å². The predicted molar refractivity (Wildman–Crippen MR) is 167 cm³/mol. The third-order valence-corrected chi connectivity index (χ3v) is 7.68. The van der Waals surface area contributed by atoms with Crippen LogP contribution < -0.4 is 20.4 Å². The minimum absolute atomic E-state index is 0. The summed E-state index contributed by atoms with van der Waals surface area (Å²) in [4.78, 5) is 55.6. The number of amides is 3. The fourth-order valence-corrected chi connectivity index (χ4v) is 5.12. The number of nitrogens with one attached hydrogen (secondary N) is 2. The van der Waals surface area contributed by atoms with Gasteiger partial charge in [-0.25, -0.2) is 0 Å². The van der Waals surface area contributed by atoms with Crippen LogP contribution in [0.1, 0.15) is 43.7 Å². The molecule has 10 heteroatoms. The van der Waals surface area contributed by atoms with Crippen LogP contribution in [-0.2, 0) is 30.5 Å². The number of unbranched alkanes of at least 4 members (excludes halogenated alkanes) is 1. The Bertz CT molecular complexity index is 1450. The first-order chi connectivity index (χ1) is 19.7. The summed E-state index contributed by atoms with van der Waals surface area (Å²) in [5.41, 5.74) is 3.25. The largest absolute Gasteiger partial charge is 0.469 e. The zero-order valence-corrected chi connectivity index (χ0v) is 25.3. The number of hydrogen-bond donors (Lipinski definition) is 2. The quantitative estimate of drug-likeness (QED) is 0.268. The van der Waals surface area contributed by atoms with Gasteiger partial charge in [0.25, 0.3) is 5.91 Å². The number of halogens is 1. The number of benzene rings is 3. The molecule has 2 atom stereocenters. The standard InChI is InChI=1S/C32H38N4O5.ClH/c1-21-17-18-23-11-5-6-12-24(23)25(21)19-36-28-14-8-7-13-27(28)35(29(37)15-9-10-16-30(38)41-4)20-26(32(36)40)34-31(39)22(2)33-3;/h5-8,11-14,17-18,22,26,33H,9-10,15-16,19-20H2,1-4H3,(H,34,39);1H/t22?,26-;/m0./s1. The third-order valence-electron chi connectivity index (χ3n) is 7.68. The van der Waals surface area contributed by atoms with Crippen molar-refractivity contribution < 1.29 is 23.9 Å². The van der Waals surface area contributed by atoms with E-state index < -0.39 is 12.1 Å². The topological polar surface area (TPSA) is 108 Å². The Balaban J connectivity index is 0.00000484. The lowest BCUT2D eigenvalue weighted by atomic mass is 9.99. The zero-order valence-electron chi connectivity index (χ0n) is 24.5. The molecule has 1 aliphatic rings. The number of fused-ring (bicyclic) bond motifs is 2. The molecule has 3 amide bonds. The molecule has 0 saturated heterocycles. The average Bonchev–Trinajstić information content (AvgIpc) is 3.10. The number of carbonyl (C=O) groups excluding carboxylic acids is 4. The third kappa shape index (κ3) is 7.27. The lowest BCUT2D eigenvalue weighted by Gasteiger charge is -2.27. The van der Waals surface area contributed by atoms with Crippen molar-refractivity contribution >= 4 is 58.2 Å². The molecule has 224 valence electrons. The molecule has 0 aromatic heterocycles. The number of carbonyl (C=O) groups is 4. The molecule has 0 bridgehead atoms. The molecule has 0 fully saturated rings. The Morgan fingerprint density at radius 1 is 0.976 bits per heavy atom. The zero-order chi connectivity index (χ0) is 29.5. The van der Waals surface area contributed by atoms with Gasteiger partial charge in [0, 0.05) is 12.8 Å². The van der Waals surface area contributed by atoms with Crippen LogP contribution in [0.5, 0.6) is 0 Å². The Labute approximate surface area is 253 Å². The van der Waals surface area contributed by atoms with Gasteiger partial charge >= 0.3 is 5.97 Å². The number of esters is 1. The summed E-state index contributed by atoms with van der Waals surface area (Å²) in [6.45, 7) is 4.01. The molecule has 0 aliphatic carbocycles. The molecule has 42 heavy (non-hydrogen) atoms. The van der Waals surface area contributed by atoms with E-state index in [0.717, 1.165) is 21.9 Å². The number of anilines is 2. The van der Waals surface area contributed by atoms with E-state index in [1.807, 2.05) is 61.5 Å². The summed E-state index contributed by atoms with van der Waals surface area (Å²) in [7, 11) is 3.02. The first-order valence-corrected chi connectivity index (χ1v) is 14.0. The second-order valence-corrected chi connectivity index (χ2v) is 10.4. The number of aryl methyl sites for hydroxylation is 1. The minimum atomic E-state index is -0.958. The van der Waals surface area contributed by atoms with E-state index in [4.69, 9.17) is 4.74 Å². The highest BCUT2D eigenvalue weighted by Crippen LogP contribution is 2.36. The molecule has 9 nitrogen and oxygen atoms in total. The molecular weight excluding hydrogens is 556 g/mol. The maximum atomic E-state index is 14.2. The highest BCUT2D eigenvalue weighted by molar-refractivity contribution is 6.08. The first-order valence-electron chi connectivity index (χ1n) is 14.0. The highest BCUT2D eigenvalue weighted by atomic mass is 35.5. The van der Waals surface area contributed by atoms with Crippen molar-refractivity contribution in [1.82, 2.24) is 10.6 Å². The van der Waals surface area contributed by atoms with Crippen LogP contribution >= 0.6 is 12.4 Å². The van der Waals surface area contributed by atoms with E-state index in [9.17, 15) is 19.2 Å². The van der Waals surface area contributed by atoms with Crippen molar-refractivity contribution in [2.45, 2.75) is 58.2 Å². The van der Waals surface area contributed by atoms with E-state index in [0.29, 0.717) is 24.2 Å². The Hall–Kier alpha value is -3.95. The fourth-order valence-electron chi connectivity index (χ4n) is 5.12. The highest BCUT2D eigenvalue weighted by Gasteiger charge is 2.37. The second-order valence-electron chi connectivity index (χ2n) is 10.4. The number of methoxy groups -OCH3 is 1. The number of nitrogens with zero attached hydrogens (tertiary/aromatic N) is 2. The van der Waals surface area contributed by atoms with E-state index in [1.54, 1.807) is 23.8 Å². The lowest BCUT2D eigenvalue weighted by molar-refractivity contribution is -0.140. The Morgan fingerprint density at radius 2 is 1.64 bits per heavy atom. The smallest absolute Gasteiger partial charge is 0.305 e. The van der Waals surface area contributed by atoms with Gasteiger partial charge in [0.2, 0.25) is 11.8 Å². The predicted octanol–water partition coefficient (Wildman–Crippen LogP) is 4.28. The van der Waals surface area contributed by atoms with Crippen molar-refractivity contribution in [3.63, 3.8) is 0 Å². The van der Waals surface area contributed by atoms with Crippen LogP contribution in [0, 0.1) is 6.92 Å². The van der Waals surface area contributed by atoms with Crippen LogP contribution in [0.15, 0.2) is 60.7 Å². The van der Waals surface area contributed by atoms with Crippen LogP contribution in [0.4, 0.5) is 11.4 Å². The van der Waals surface area contributed by atoms with Crippen molar-refractivity contribution in [2.24, 2.45) is 0 Å². The number of para-hydroxylation sites is 2. The van der Waals surface area contributed by atoms with Crippen LogP contribution in [0.2, 0.25) is 0 Å². The van der Waals surface area contributed by atoms with Gasteiger partial charge in [-0.2, -0.15) is 0 Å². The van der Waals surface area contributed by atoms with Crippen molar-refractivity contribution in [1.29, 1.82) is 0 Å². The number of rotatable bonds is 10. The number of hydrogen-bond acceptors (Lipinski definition) is 6. The molecule has 1 heterocycles. The first kappa shape index (κ1) is 32.6. The molecule has 3 aromatic rings.